The van der Waals surface area contributed by atoms with E-state index in [9.17, 15) is 27.6 Å². The van der Waals surface area contributed by atoms with E-state index in [0.717, 1.165) is 36.7 Å². The molecule has 1 aromatic carbocycles. The molecule has 13 heteroatoms. The van der Waals surface area contributed by atoms with E-state index in [4.69, 9.17) is 27.9 Å². The van der Waals surface area contributed by atoms with Crippen molar-refractivity contribution in [2.24, 2.45) is 11.3 Å². The number of amides is 3. The lowest BCUT2D eigenvalue weighted by Crippen LogP contribution is -2.46. The molecule has 2 atom stereocenters. The van der Waals surface area contributed by atoms with Gasteiger partial charge < -0.3 is 19.4 Å². The fraction of sp³-hybridized carbons (Fsp3) is 0.517. The average Bonchev–Trinajstić information content (AvgIpc) is 3.56. The number of benzene rings is 1. The number of carbonyl (C=O) groups is 3. The molecule has 3 aliphatic rings. The first kappa shape index (κ1) is 30.4. The van der Waals surface area contributed by atoms with Crippen LogP contribution in [0.3, 0.4) is 0 Å². The third kappa shape index (κ3) is 6.32. The van der Waals surface area contributed by atoms with E-state index in [-0.39, 0.29) is 41.4 Å². The number of carbonyl (C=O) groups excluding carboxylic acids is 3. The van der Waals surface area contributed by atoms with Crippen molar-refractivity contribution >= 4 is 41.1 Å². The third-order valence-electron chi connectivity index (χ3n) is 8.64. The molecular formula is C29H31Cl2F3N4O4. The van der Waals surface area contributed by atoms with Crippen LogP contribution in [-0.4, -0.2) is 76.9 Å². The lowest BCUT2D eigenvalue weighted by atomic mass is 9.93. The average molecular weight is 627 g/mol. The van der Waals surface area contributed by atoms with Crippen LogP contribution >= 0.6 is 23.2 Å². The molecular weight excluding hydrogens is 596 g/mol. The van der Waals surface area contributed by atoms with E-state index in [0.29, 0.717) is 42.5 Å². The number of alkyl halides is 3. The molecule has 3 amide bonds. The fourth-order valence-corrected chi connectivity index (χ4v) is 6.02. The second-order valence-corrected chi connectivity index (χ2v) is 12.4. The molecule has 2 aromatic rings. The maximum absolute atomic E-state index is 13.7. The van der Waals surface area contributed by atoms with Crippen LogP contribution in [-0.2, 0) is 15.8 Å². The van der Waals surface area contributed by atoms with Gasteiger partial charge in [-0.15, -0.1) is 0 Å². The Hall–Kier alpha value is -3.05. The van der Waals surface area contributed by atoms with Crippen LogP contribution in [0.1, 0.15) is 49.8 Å². The summed E-state index contributed by atoms with van der Waals surface area (Å²) in [5, 5.41) is 0.701. The standard InChI is InChI=1S/C29H31Cl2F3N4O4/c1-28(9-10-28)26(40)37-11-7-17(8-12-37)25(39)38-15-20(18-3-5-21(30)22(31)13-18)23(16-38)36(2)27(41)42-19-4-6-24(35-14-19)29(32,33)34/h3-6,13-14,17,20,23H,7-12,15-16H2,1-2H3/t20-,23+/m1/s1. The van der Waals surface area contributed by atoms with Gasteiger partial charge in [-0.25, -0.2) is 9.78 Å². The van der Waals surface area contributed by atoms with Gasteiger partial charge in [0.15, 0.2) is 5.75 Å². The summed E-state index contributed by atoms with van der Waals surface area (Å²) >= 11 is 12.4. The second kappa shape index (κ2) is 11.6. The van der Waals surface area contributed by atoms with Crippen LogP contribution in [0.2, 0.25) is 10.0 Å². The number of hydrogen-bond donors (Lipinski definition) is 0. The van der Waals surface area contributed by atoms with Gasteiger partial charge in [-0.1, -0.05) is 36.2 Å². The summed E-state index contributed by atoms with van der Waals surface area (Å²) in [6.45, 7) is 3.59. The molecule has 0 N–H and O–H groups in total. The Morgan fingerprint density at radius 3 is 2.29 bits per heavy atom. The maximum atomic E-state index is 13.7. The van der Waals surface area contributed by atoms with Crippen LogP contribution in [0.25, 0.3) is 0 Å². The van der Waals surface area contributed by atoms with Gasteiger partial charge >= 0.3 is 12.3 Å². The molecule has 1 saturated carbocycles. The molecule has 0 radical (unpaired) electrons. The summed E-state index contributed by atoms with van der Waals surface area (Å²) in [6, 6.07) is 6.40. The van der Waals surface area contributed by atoms with E-state index in [1.807, 2.05) is 11.8 Å². The van der Waals surface area contributed by atoms with Gasteiger partial charge in [0, 0.05) is 50.5 Å². The van der Waals surface area contributed by atoms with Gasteiger partial charge in [0.25, 0.3) is 0 Å². The summed E-state index contributed by atoms with van der Waals surface area (Å²) < 4.78 is 43.9. The first-order valence-electron chi connectivity index (χ1n) is 13.8. The summed E-state index contributed by atoms with van der Waals surface area (Å²) in [5.74, 6) is -0.592. The zero-order valence-corrected chi connectivity index (χ0v) is 24.7. The van der Waals surface area contributed by atoms with Crippen LogP contribution in [0.15, 0.2) is 36.5 Å². The van der Waals surface area contributed by atoms with E-state index in [1.165, 1.54) is 11.9 Å². The molecule has 3 fully saturated rings. The molecule has 1 aromatic heterocycles. The number of likely N-dealkylation sites (tertiary alicyclic amines) is 2. The van der Waals surface area contributed by atoms with Crippen molar-refractivity contribution in [1.29, 1.82) is 0 Å². The Bertz CT molecular complexity index is 1360. The Labute approximate surface area is 251 Å². The van der Waals surface area contributed by atoms with Crippen molar-refractivity contribution in [1.82, 2.24) is 19.7 Å². The highest BCUT2D eigenvalue weighted by atomic mass is 35.5. The van der Waals surface area contributed by atoms with Gasteiger partial charge in [-0.05, 0) is 55.5 Å². The van der Waals surface area contributed by atoms with Gasteiger partial charge in [-0.3, -0.25) is 9.59 Å². The molecule has 42 heavy (non-hydrogen) atoms. The minimum atomic E-state index is -4.62. The van der Waals surface area contributed by atoms with Gasteiger partial charge in [-0.2, -0.15) is 13.2 Å². The summed E-state index contributed by atoms with van der Waals surface area (Å²) in [6.07, 6.45) is -1.64. The lowest BCUT2D eigenvalue weighted by molar-refractivity contribution is -0.142. The van der Waals surface area contributed by atoms with Crippen LogP contribution in [0.5, 0.6) is 5.75 Å². The predicted molar refractivity (Wildman–Crippen MR) is 149 cm³/mol. The molecule has 5 rings (SSSR count). The SMILES string of the molecule is CN(C(=O)Oc1ccc(C(F)(F)F)nc1)[C@H]1CN(C(=O)C2CCN(C(=O)C3(C)CC3)CC2)C[C@@H]1c1ccc(Cl)c(Cl)c1. The minimum absolute atomic E-state index is 0.0407. The molecule has 8 nitrogen and oxygen atoms in total. The number of ether oxygens (including phenoxy) is 1. The summed E-state index contributed by atoms with van der Waals surface area (Å²) in [7, 11) is 1.52. The monoisotopic (exact) mass is 626 g/mol. The molecule has 1 aliphatic carbocycles. The molecule has 2 saturated heterocycles. The Morgan fingerprint density at radius 1 is 1.02 bits per heavy atom. The Kier molecular flexibility index (Phi) is 8.37. The molecule has 0 unspecified atom stereocenters. The number of nitrogens with zero attached hydrogens (tertiary/aromatic N) is 4. The number of rotatable bonds is 5. The van der Waals surface area contributed by atoms with E-state index in [1.54, 1.807) is 23.1 Å². The predicted octanol–water partition coefficient (Wildman–Crippen LogP) is 5.87. The zero-order valence-electron chi connectivity index (χ0n) is 23.2. The van der Waals surface area contributed by atoms with Gasteiger partial charge in [0.2, 0.25) is 11.8 Å². The fourth-order valence-electron chi connectivity index (χ4n) is 5.72. The lowest BCUT2D eigenvalue weighted by Gasteiger charge is -2.34. The van der Waals surface area contributed by atoms with Gasteiger partial charge in [0.1, 0.15) is 5.69 Å². The minimum Gasteiger partial charge on any atom is -0.409 e. The highest BCUT2D eigenvalue weighted by Gasteiger charge is 2.48. The molecule has 226 valence electrons. The zero-order chi connectivity index (χ0) is 30.4. The van der Waals surface area contributed by atoms with Crippen molar-refractivity contribution in [3.05, 3.63) is 57.8 Å². The quantitative estimate of drug-likeness (QED) is 0.414. The van der Waals surface area contributed by atoms with Crippen molar-refractivity contribution in [2.75, 3.05) is 33.2 Å². The topological polar surface area (TPSA) is 83.1 Å². The third-order valence-corrected chi connectivity index (χ3v) is 9.38. The van der Waals surface area contributed by atoms with Crippen LogP contribution < -0.4 is 4.74 Å². The van der Waals surface area contributed by atoms with Crippen molar-refractivity contribution < 1.29 is 32.3 Å². The van der Waals surface area contributed by atoms with Crippen molar-refractivity contribution in [3.63, 3.8) is 0 Å². The molecule has 3 heterocycles. The smallest absolute Gasteiger partial charge is 0.409 e. The summed E-state index contributed by atoms with van der Waals surface area (Å²) in [4.78, 5) is 47.8. The first-order chi connectivity index (χ1) is 19.8. The molecule has 0 bridgehead atoms. The van der Waals surface area contributed by atoms with Crippen molar-refractivity contribution in [3.8, 4) is 5.75 Å². The molecule has 2 aliphatic heterocycles. The Balaban J connectivity index is 1.29. The van der Waals surface area contributed by atoms with Crippen LogP contribution in [0.4, 0.5) is 18.0 Å². The number of halogens is 5. The van der Waals surface area contributed by atoms with E-state index < -0.39 is 24.0 Å². The van der Waals surface area contributed by atoms with E-state index >= 15 is 0 Å². The number of hydrogen-bond acceptors (Lipinski definition) is 5. The van der Waals surface area contributed by atoms with Crippen LogP contribution in [0, 0.1) is 11.3 Å². The normalized spacial score (nSPS) is 22.2. The summed E-state index contributed by atoms with van der Waals surface area (Å²) in [5.41, 5.74) is -0.572. The number of piperidine rings is 1. The maximum Gasteiger partial charge on any atom is 0.433 e. The largest absolute Gasteiger partial charge is 0.433 e. The first-order valence-corrected chi connectivity index (χ1v) is 14.5. The molecule has 0 spiro atoms. The number of likely N-dealkylation sites (N-methyl/N-ethyl adjacent to an activating group) is 1. The van der Waals surface area contributed by atoms with Crippen molar-refractivity contribution in [2.45, 2.75) is 50.7 Å². The Morgan fingerprint density at radius 2 is 1.71 bits per heavy atom. The number of pyridine rings is 1. The van der Waals surface area contributed by atoms with E-state index in [2.05, 4.69) is 4.98 Å². The number of aromatic nitrogens is 1. The van der Waals surface area contributed by atoms with Gasteiger partial charge in [0.05, 0.1) is 22.3 Å². The second-order valence-electron chi connectivity index (χ2n) is 11.6. The highest BCUT2D eigenvalue weighted by Crippen LogP contribution is 2.47. The highest BCUT2D eigenvalue weighted by molar-refractivity contribution is 6.42.